The molecule has 322 valence electrons. The lowest BCUT2D eigenvalue weighted by Crippen LogP contribution is -2.46. The summed E-state index contributed by atoms with van der Waals surface area (Å²) in [5.41, 5.74) is 8.95. The molecule has 0 bridgehead atoms. The number of H-pyrrole nitrogens is 2. The van der Waals surface area contributed by atoms with E-state index in [4.69, 9.17) is 30.0 Å². The first-order chi connectivity index (χ1) is 27.6. The van der Waals surface area contributed by atoms with Gasteiger partial charge in [0.25, 0.3) is 17.1 Å². The highest BCUT2D eigenvalue weighted by Gasteiger charge is 2.49. The number of nitrogens with two attached hydrogens (primary N) is 2. The quantitative estimate of drug-likeness (QED) is 0.0344. The maximum absolute atomic E-state index is 12.9. The fourth-order valence-electron chi connectivity index (χ4n) is 6.20. The Labute approximate surface area is 326 Å². The molecule has 11 atom stereocenters. The van der Waals surface area contributed by atoms with Crippen LogP contribution in [0.5, 0.6) is 0 Å². The molecule has 34 heteroatoms. The Morgan fingerprint density at radius 1 is 0.932 bits per heavy atom. The van der Waals surface area contributed by atoms with Crippen LogP contribution in [0.3, 0.4) is 0 Å². The monoisotopic (exact) mass is 897 g/mol. The van der Waals surface area contributed by atoms with Crippen LogP contribution in [0.2, 0.25) is 0 Å². The number of phosphoric ester groups is 1. The molecule has 0 amide bonds. The van der Waals surface area contributed by atoms with Gasteiger partial charge in [-0.25, -0.2) is 28.1 Å². The van der Waals surface area contributed by atoms with Gasteiger partial charge in [0, 0.05) is 6.54 Å². The summed E-state index contributed by atoms with van der Waals surface area (Å²) < 4.78 is 68.4. The molecule has 2 aliphatic heterocycles. The maximum Gasteiger partial charge on any atom is 0.479 e. The Hall–Kier alpha value is -4.39. The molecule has 14 N–H and O–H groups in total. The Morgan fingerprint density at radius 2 is 1.59 bits per heavy atom. The standard InChI is InChI=1S/C25H35N14O17P3/c1-36-8-39(19-13(36)21(45)33-25(27)31-19)23-17(43)15(41)10(55-23)6-53-59(50,51)56-57(46,47)11-4-37(35-34-11)3-2-29-58(48,49)52-5-9-14(40)16(42)22(54-9)38-7-28-12-18(38)30-24(26)32-20(12)44/h4,7-10,14-17,22-23,40-43H,2-3,5-6H2,1H3,(H9-,26,27,29,30,31,32,33,44,45,46,47,48,49,50,51)/p+1/t9-,10-,14?,15+,16+,17?,22-,23-/m1/s1. The van der Waals surface area contributed by atoms with Crippen molar-refractivity contribution in [2.75, 3.05) is 31.2 Å². The number of hydrogen-bond acceptors (Lipinski definition) is 21. The second-order valence-corrected chi connectivity index (χ2v) is 18.0. The van der Waals surface area contributed by atoms with Gasteiger partial charge in [0.05, 0.1) is 39.3 Å². The Morgan fingerprint density at radius 3 is 2.34 bits per heavy atom. The van der Waals surface area contributed by atoms with E-state index in [0.29, 0.717) is 0 Å². The Kier molecular flexibility index (Phi) is 11.5. The number of aliphatic hydroxyl groups is 4. The van der Waals surface area contributed by atoms with Gasteiger partial charge in [-0.15, -0.1) is 5.10 Å². The molecule has 2 saturated heterocycles. The van der Waals surface area contributed by atoms with Crippen molar-refractivity contribution in [2.24, 2.45) is 7.05 Å². The number of hydrogen-bond donors (Lipinski definition) is 12. The second kappa shape index (κ2) is 15.9. The molecule has 59 heavy (non-hydrogen) atoms. The summed E-state index contributed by atoms with van der Waals surface area (Å²) in [6.45, 7) is -2.35. The number of nitrogens with one attached hydrogen (secondary N) is 3. The molecular weight excluding hydrogens is 861 g/mol. The zero-order valence-electron chi connectivity index (χ0n) is 29.9. The van der Waals surface area contributed by atoms with Crippen molar-refractivity contribution in [3.63, 3.8) is 0 Å². The van der Waals surface area contributed by atoms with Crippen molar-refractivity contribution >= 4 is 62.8 Å². The number of nitrogen functional groups attached to an aromatic ring is 2. The number of rotatable bonds is 15. The summed E-state index contributed by atoms with van der Waals surface area (Å²) in [5.74, 6) is -0.499. The van der Waals surface area contributed by atoms with Crippen LogP contribution in [-0.2, 0) is 50.1 Å². The maximum atomic E-state index is 12.9. The van der Waals surface area contributed by atoms with E-state index < -0.39 is 102 Å². The lowest BCUT2D eigenvalue weighted by Gasteiger charge is -2.18. The highest BCUT2D eigenvalue weighted by molar-refractivity contribution is 7.69. The number of nitrogens with zero attached hydrogens (tertiary/aromatic N) is 9. The van der Waals surface area contributed by atoms with Gasteiger partial charge in [0.1, 0.15) is 36.6 Å². The highest BCUT2D eigenvalue weighted by Crippen LogP contribution is 2.59. The molecule has 7 heterocycles. The number of aliphatic hydroxyl groups excluding tert-OH is 4. The first kappa shape index (κ1) is 42.7. The molecule has 0 spiro atoms. The van der Waals surface area contributed by atoms with Gasteiger partial charge < -0.3 is 56.0 Å². The number of aromatic amines is 2. The SMILES string of the molecule is Cn1c[n+]([C@@H]2O[C@H](COP(=O)(O)OP(=O)(O)c3cn(CCNP(=O)(O)OC[C@H]4O[C@@H](n5cnc6c(=O)[nH]c(N)nc65)[C@@H](O)C4O)nn3)[C@H](O)C2O)c2nc(N)[nH]c(=O)c21. The molecule has 2 aliphatic rings. The number of aromatic nitrogens is 11. The van der Waals surface area contributed by atoms with E-state index in [2.05, 4.69) is 44.6 Å². The first-order valence-corrected chi connectivity index (χ1v) is 21.5. The van der Waals surface area contributed by atoms with E-state index in [1.54, 1.807) is 0 Å². The zero-order chi connectivity index (χ0) is 42.8. The minimum Gasteiger partial charge on any atom is -0.387 e. The summed E-state index contributed by atoms with van der Waals surface area (Å²) in [7, 11) is -13.8. The molecule has 0 saturated carbocycles. The minimum atomic E-state index is -5.43. The average molecular weight is 898 g/mol. The van der Waals surface area contributed by atoms with Crippen molar-refractivity contribution in [3.8, 4) is 0 Å². The predicted octanol–water partition coefficient (Wildman–Crippen LogP) is -5.97. The van der Waals surface area contributed by atoms with Crippen LogP contribution in [0.25, 0.3) is 22.3 Å². The van der Waals surface area contributed by atoms with Crippen LogP contribution >= 0.6 is 23.2 Å². The van der Waals surface area contributed by atoms with Gasteiger partial charge >= 0.3 is 28.8 Å². The van der Waals surface area contributed by atoms with Crippen LogP contribution in [0, 0.1) is 0 Å². The Bertz CT molecular complexity index is 2650. The molecule has 0 aliphatic carbocycles. The third kappa shape index (κ3) is 8.63. The highest BCUT2D eigenvalue weighted by atomic mass is 31.3. The van der Waals surface area contributed by atoms with Crippen molar-refractivity contribution in [2.45, 2.75) is 55.6 Å². The largest absolute Gasteiger partial charge is 0.479 e. The molecule has 5 unspecified atom stereocenters. The van der Waals surface area contributed by atoms with E-state index in [1.165, 1.54) is 22.5 Å². The molecule has 0 radical (unpaired) electrons. The predicted molar refractivity (Wildman–Crippen MR) is 190 cm³/mol. The topological polar surface area (TPSA) is 452 Å². The lowest BCUT2D eigenvalue weighted by molar-refractivity contribution is -0.745. The van der Waals surface area contributed by atoms with Gasteiger partial charge in [-0.3, -0.25) is 47.0 Å². The van der Waals surface area contributed by atoms with Crippen molar-refractivity contribution in [1.29, 1.82) is 0 Å². The van der Waals surface area contributed by atoms with Crippen LogP contribution < -0.4 is 37.7 Å². The number of phosphoric acid groups is 1. The van der Waals surface area contributed by atoms with Crippen LogP contribution in [0.1, 0.15) is 12.5 Å². The summed E-state index contributed by atoms with van der Waals surface area (Å²) in [6.07, 6.45) is -8.98. The number of imidazole rings is 2. The number of anilines is 2. The summed E-state index contributed by atoms with van der Waals surface area (Å²) >= 11 is 0. The van der Waals surface area contributed by atoms with Gasteiger partial charge in [-0.1, -0.05) is 10.2 Å². The first-order valence-electron chi connectivity index (χ1n) is 16.8. The smallest absolute Gasteiger partial charge is 0.387 e. The lowest BCUT2D eigenvalue weighted by atomic mass is 10.1. The van der Waals surface area contributed by atoms with Crippen LogP contribution in [0.4, 0.5) is 11.9 Å². The van der Waals surface area contributed by atoms with Gasteiger partial charge in [0.15, 0.2) is 29.2 Å². The number of aryl methyl sites for hydroxylation is 1. The van der Waals surface area contributed by atoms with E-state index in [1.807, 2.05) is 0 Å². The van der Waals surface area contributed by atoms with E-state index in [9.17, 15) is 58.4 Å². The van der Waals surface area contributed by atoms with Gasteiger partial charge in [0.2, 0.25) is 17.7 Å². The normalized spacial score (nSPS) is 27.9. The van der Waals surface area contributed by atoms with E-state index in [0.717, 1.165) is 21.8 Å². The molecule has 2 fully saturated rings. The third-order valence-corrected chi connectivity index (χ3v) is 13.1. The van der Waals surface area contributed by atoms with Crippen LogP contribution in [-0.4, -0.2) is 141 Å². The van der Waals surface area contributed by atoms with E-state index >= 15 is 0 Å². The molecule has 7 rings (SSSR count). The molecular formula is C25H36N14O17P3+. The Balaban J connectivity index is 0.891. The van der Waals surface area contributed by atoms with Crippen LogP contribution in [0.15, 0.2) is 28.4 Å². The number of fused-ring (bicyclic) bond motifs is 2. The van der Waals surface area contributed by atoms with Crippen molar-refractivity contribution in [1.82, 2.24) is 54.1 Å². The fraction of sp³-hybridized carbons (Fsp3) is 0.520. The molecule has 5 aromatic rings. The molecule has 5 aromatic heterocycles. The summed E-state index contributed by atoms with van der Waals surface area (Å²) in [6, 6.07) is 0. The third-order valence-electron chi connectivity index (χ3n) is 8.96. The summed E-state index contributed by atoms with van der Waals surface area (Å²) in [4.78, 5) is 71.9. The van der Waals surface area contributed by atoms with Crippen molar-refractivity contribution < 1.29 is 76.2 Å². The molecule has 0 aromatic carbocycles. The number of ether oxygens (including phenoxy) is 2. The second-order valence-electron chi connectivity index (χ2n) is 13.1. The molecule has 31 nitrogen and oxygen atoms in total. The zero-order valence-corrected chi connectivity index (χ0v) is 32.6. The minimum absolute atomic E-state index is 0.0231. The average Bonchev–Trinajstić information content (AvgIpc) is 3.96. The fourth-order valence-corrected chi connectivity index (χ4v) is 9.44. The summed E-state index contributed by atoms with van der Waals surface area (Å²) in [5, 5.41) is 51.5. The van der Waals surface area contributed by atoms with Gasteiger partial charge in [-0.2, -0.15) is 4.98 Å². The van der Waals surface area contributed by atoms with Gasteiger partial charge in [-0.05, 0) is 0 Å². The van der Waals surface area contributed by atoms with E-state index in [-0.39, 0.29) is 47.3 Å². The van der Waals surface area contributed by atoms with Crippen molar-refractivity contribution in [3.05, 3.63) is 39.6 Å².